The van der Waals surface area contributed by atoms with Crippen LogP contribution in [0.5, 0.6) is 0 Å². The van der Waals surface area contributed by atoms with Crippen LogP contribution in [0.15, 0.2) is 29.2 Å². The fourth-order valence-corrected chi connectivity index (χ4v) is 2.31. The number of aliphatic hydroxyl groups excluding tert-OH is 1. The van der Waals surface area contributed by atoms with Gasteiger partial charge in [0.05, 0.1) is 25.0 Å². The van der Waals surface area contributed by atoms with Crippen molar-refractivity contribution in [2.45, 2.75) is 17.9 Å². The molecule has 0 aliphatic heterocycles. The highest BCUT2D eigenvalue weighted by atomic mass is 32.2. The molecule has 0 saturated carbocycles. The highest BCUT2D eigenvalue weighted by molar-refractivity contribution is 8.00. The van der Waals surface area contributed by atoms with Gasteiger partial charge in [-0.3, -0.25) is 4.79 Å². The summed E-state index contributed by atoms with van der Waals surface area (Å²) in [5.41, 5.74) is 1.16. The van der Waals surface area contributed by atoms with Crippen molar-refractivity contribution in [1.29, 1.82) is 0 Å². The number of aliphatic hydroxyl groups is 1. The van der Waals surface area contributed by atoms with Gasteiger partial charge in [0.15, 0.2) is 0 Å². The first kappa shape index (κ1) is 15.0. The van der Waals surface area contributed by atoms with Gasteiger partial charge in [0.25, 0.3) is 0 Å². The quantitative estimate of drug-likeness (QED) is 0.731. The minimum absolute atomic E-state index is 0.0978. The second-order valence-corrected chi connectivity index (χ2v) is 4.97. The van der Waals surface area contributed by atoms with E-state index in [0.717, 1.165) is 10.5 Å². The molecule has 0 aliphatic carbocycles. The Labute approximate surface area is 112 Å². The van der Waals surface area contributed by atoms with E-state index in [-0.39, 0.29) is 18.6 Å². The predicted molar refractivity (Wildman–Crippen MR) is 72.8 cm³/mol. The maximum Gasteiger partial charge on any atom is 0.230 e. The van der Waals surface area contributed by atoms with Crippen molar-refractivity contribution in [2.24, 2.45) is 0 Å². The van der Waals surface area contributed by atoms with Gasteiger partial charge in [-0.25, -0.2) is 0 Å². The number of aryl methyl sites for hydroxylation is 1. The number of methoxy groups -OCH3 is 1. The van der Waals surface area contributed by atoms with E-state index in [1.54, 1.807) is 0 Å². The molecular weight excluding hydrogens is 250 g/mol. The highest BCUT2D eigenvalue weighted by Gasteiger charge is 2.11. The molecule has 1 aromatic rings. The van der Waals surface area contributed by atoms with Crippen molar-refractivity contribution in [3.63, 3.8) is 0 Å². The zero-order valence-corrected chi connectivity index (χ0v) is 11.5. The van der Waals surface area contributed by atoms with Crippen LogP contribution in [-0.4, -0.2) is 43.1 Å². The minimum atomic E-state index is -0.333. The fraction of sp³-hybridized carbons (Fsp3) is 0.462. The monoisotopic (exact) mass is 269 g/mol. The van der Waals surface area contributed by atoms with Gasteiger partial charge in [0.2, 0.25) is 5.91 Å². The third-order valence-electron chi connectivity index (χ3n) is 2.41. The van der Waals surface area contributed by atoms with E-state index in [4.69, 9.17) is 9.84 Å². The lowest BCUT2D eigenvalue weighted by Gasteiger charge is -2.15. The van der Waals surface area contributed by atoms with E-state index in [1.165, 1.54) is 18.9 Å². The van der Waals surface area contributed by atoms with Crippen LogP contribution in [0.4, 0.5) is 0 Å². The lowest BCUT2D eigenvalue weighted by Crippen LogP contribution is -2.41. The van der Waals surface area contributed by atoms with Gasteiger partial charge in [-0.05, 0) is 18.6 Å². The average molecular weight is 269 g/mol. The van der Waals surface area contributed by atoms with Gasteiger partial charge in [-0.2, -0.15) is 0 Å². The van der Waals surface area contributed by atoms with Gasteiger partial charge < -0.3 is 15.2 Å². The number of benzene rings is 1. The Morgan fingerprint density at radius 2 is 2.22 bits per heavy atom. The van der Waals surface area contributed by atoms with Crippen molar-refractivity contribution in [2.75, 3.05) is 26.1 Å². The third-order valence-corrected chi connectivity index (χ3v) is 3.58. The Bertz CT molecular complexity index is 384. The van der Waals surface area contributed by atoms with Crippen LogP contribution in [0.25, 0.3) is 0 Å². The predicted octanol–water partition coefficient (Wildman–Crippen LogP) is 1.21. The fourth-order valence-electron chi connectivity index (χ4n) is 1.47. The Kier molecular flexibility index (Phi) is 6.78. The van der Waals surface area contributed by atoms with Gasteiger partial charge in [-0.15, -0.1) is 11.8 Å². The molecule has 4 nitrogen and oxygen atoms in total. The molecule has 0 radical (unpaired) electrons. The molecule has 0 fully saturated rings. The minimum Gasteiger partial charge on any atom is -0.394 e. The molecule has 0 spiro atoms. The number of nitrogens with one attached hydrogen (secondary N) is 1. The van der Waals surface area contributed by atoms with Crippen LogP contribution in [-0.2, 0) is 9.53 Å². The highest BCUT2D eigenvalue weighted by Crippen LogP contribution is 2.21. The summed E-state index contributed by atoms with van der Waals surface area (Å²) >= 11 is 1.49. The van der Waals surface area contributed by atoms with Gasteiger partial charge in [0.1, 0.15) is 0 Å². The largest absolute Gasteiger partial charge is 0.394 e. The molecule has 0 heterocycles. The molecule has 1 rings (SSSR count). The number of thioether (sulfide) groups is 1. The summed E-state index contributed by atoms with van der Waals surface area (Å²) in [5.74, 6) is 0.241. The summed E-state index contributed by atoms with van der Waals surface area (Å²) in [4.78, 5) is 12.8. The Balaban J connectivity index is 2.39. The summed E-state index contributed by atoms with van der Waals surface area (Å²) < 4.78 is 4.90. The smallest absolute Gasteiger partial charge is 0.230 e. The van der Waals surface area contributed by atoms with E-state index in [2.05, 4.69) is 5.32 Å². The van der Waals surface area contributed by atoms with Crippen LogP contribution >= 0.6 is 11.8 Å². The van der Waals surface area contributed by atoms with Crippen molar-refractivity contribution >= 4 is 17.7 Å². The first-order valence-electron chi connectivity index (χ1n) is 5.75. The SMILES string of the molecule is COCC(CO)NC(=O)CSc1ccccc1C. The van der Waals surface area contributed by atoms with Crippen molar-refractivity contribution < 1.29 is 14.6 Å². The van der Waals surface area contributed by atoms with Crippen LogP contribution < -0.4 is 5.32 Å². The topological polar surface area (TPSA) is 58.6 Å². The number of rotatable bonds is 7. The molecular formula is C13H19NO3S. The van der Waals surface area contributed by atoms with Gasteiger partial charge in [-0.1, -0.05) is 18.2 Å². The Hall–Kier alpha value is -1.04. The summed E-state index contributed by atoms with van der Waals surface area (Å²) in [7, 11) is 1.54. The molecule has 1 amide bonds. The van der Waals surface area contributed by atoms with Gasteiger partial charge in [0, 0.05) is 12.0 Å². The second kappa shape index (κ2) is 8.13. The first-order chi connectivity index (χ1) is 8.67. The number of hydrogen-bond acceptors (Lipinski definition) is 4. The molecule has 1 aromatic carbocycles. The maximum atomic E-state index is 11.7. The number of amides is 1. The van der Waals surface area contributed by atoms with E-state index in [1.807, 2.05) is 31.2 Å². The van der Waals surface area contributed by atoms with E-state index in [9.17, 15) is 4.79 Å². The maximum absolute atomic E-state index is 11.7. The van der Waals surface area contributed by atoms with E-state index >= 15 is 0 Å². The zero-order chi connectivity index (χ0) is 13.4. The Morgan fingerprint density at radius 1 is 1.50 bits per heavy atom. The third kappa shape index (κ3) is 5.08. The molecule has 0 aliphatic rings. The van der Waals surface area contributed by atoms with Gasteiger partial charge >= 0.3 is 0 Å². The first-order valence-corrected chi connectivity index (χ1v) is 6.73. The number of ether oxygens (including phenoxy) is 1. The van der Waals surface area contributed by atoms with Crippen LogP contribution in [0.1, 0.15) is 5.56 Å². The molecule has 100 valence electrons. The van der Waals surface area contributed by atoms with E-state index in [0.29, 0.717) is 12.4 Å². The molecule has 0 bridgehead atoms. The molecule has 2 N–H and O–H groups in total. The Morgan fingerprint density at radius 3 is 2.83 bits per heavy atom. The van der Waals surface area contributed by atoms with Crippen LogP contribution in [0.2, 0.25) is 0 Å². The molecule has 0 saturated heterocycles. The summed E-state index contributed by atoms with van der Waals surface area (Å²) in [5, 5.41) is 11.8. The second-order valence-electron chi connectivity index (χ2n) is 3.96. The van der Waals surface area contributed by atoms with Crippen LogP contribution in [0.3, 0.4) is 0 Å². The lowest BCUT2D eigenvalue weighted by molar-refractivity contribution is -0.120. The molecule has 1 atom stereocenters. The van der Waals surface area contributed by atoms with Crippen molar-refractivity contribution in [1.82, 2.24) is 5.32 Å². The summed E-state index contributed by atoms with van der Waals surface area (Å²) in [6, 6.07) is 7.60. The lowest BCUT2D eigenvalue weighted by atomic mass is 10.2. The standard InChI is InChI=1S/C13H19NO3S/c1-10-5-3-4-6-12(10)18-9-13(16)14-11(7-15)8-17-2/h3-6,11,15H,7-9H2,1-2H3,(H,14,16). The molecule has 0 aromatic heterocycles. The average Bonchev–Trinajstić information content (AvgIpc) is 2.37. The molecule has 5 heteroatoms. The number of carbonyl (C=O) groups is 1. The van der Waals surface area contributed by atoms with Crippen LogP contribution in [0, 0.1) is 6.92 Å². The molecule has 18 heavy (non-hydrogen) atoms. The van der Waals surface area contributed by atoms with Crippen molar-refractivity contribution in [3.8, 4) is 0 Å². The normalized spacial score (nSPS) is 12.2. The number of hydrogen-bond donors (Lipinski definition) is 2. The van der Waals surface area contributed by atoms with E-state index < -0.39 is 0 Å². The van der Waals surface area contributed by atoms with Crippen molar-refractivity contribution in [3.05, 3.63) is 29.8 Å². The summed E-state index contributed by atoms with van der Waals surface area (Å²) in [6.07, 6.45) is 0. The zero-order valence-electron chi connectivity index (χ0n) is 10.7. The summed E-state index contributed by atoms with van der Waals surface area (Å²) in [6.45, 7) is 2.22. The number of carbonyl (C=O) groups excluding carboxylic acids is 1. The molecule has 1 unspecified atom stereocenters.